The molecule has 1 aliphatic rings. The van der Waals surface area contributed by atoms with Crippen LogP contribution in [0.4, 0.5) is 0 Å². The van der Waals surface area contributed by atoms with E-state index in [4.69, 9.17) is 5.10 Å². The van der Waals surface area contributed by atoms with Crippen LogP contribution in [0.1, 0.15) is 58.4 Å². The Labute approximate surface area is 166 Å². The summed E-state index contributed by atoms with van der Waals surface area (Å²) in [5.41, 5.74) is 5.09. The smallest absolute Gasteiger partial charge is 0.265 e. The Morgan fingerprint density at radius 2 is 1.96 bits per heavy atom. The van der Waals surface area contributed by atoms with Gasteiger partial charge in [0.15, 0.2) is 0 Å². The second-order valence-electron chi connectivity index (χ2n) is 8.09. The molecule has 1 fully saturated rings. The highest BCUT2D eigenvalue weighted by molar-refractivity contribution is 7.11. The van der Waals surface area contributed by atoms with Gasteiger partial charge >= 0.3 is 0 Å². The largest absolute Gasteiger partial charge is 0.341 e. The lowest BCUT2D eigenvalue weighted by Gasteiger charge is -2.30. The third-order valence-corrected chi connectivity index (χ3v) is 6.47. The van der Waals surface area contributed by atoms with Crippen LogP contribution in [-0.2, 0) is 13.6 Å². The van der Waals surface area contributed by atoms with E-state index < -0.39 is 0 Å². The van der Waals surface area contributed by atoms with Crippen molar-refractivity contribution in [1.82, 2.24) is 24.6 Å². The number of aromatic nitrogens is 3. The summed E-state index contributed by atoms with van der Waals surface area (Å²) in [6, 6.07) is 2.27. The maximum Gasteiger partial charge on any atom is 0.265 e. The average Bonchev–Trinajstić information content (AvgIpc) is 3.20. The molecule has 0 spiro atoms. The van der Waals surface area contributed by atoms with Gasteiger partial charge in [-0.25, -0.2) is 4.98 Å². The van der Waals surface area contributed by atoms with Gasteiger partial charge in [0.05, 0.1) is 22.6 Å². The average molecular weight is 390 g/mol. The second kappa shape index (κ2) is 8.52. The van der Waals surface area contributed by atoms with Crippen molar-refractivity contribution in [3.8, 4) is 0 Å². The van der Waals surface area contributed by atoms with Crippen LogP contribution < -0.4 is 0 Å². The fourth-order valence-electron chi connectivity index (χ4n) is 3.99. The number of nitrogens with zero attached hydrogens (tertiary/aromatic N) is 5. The quantitative estimate of drug-likeness (QED) is 0.761. The summed E-state index contributed by atoms with van der Waals surface area (Å²) in [4.78, 5) is 21.6. The number of hydrogen-bond donors (Lipinski definition) is 0. The molecule has 3 rings (SSSR count). The normalized spacial score (nSPS) is 20.2. The van der Waals surface area contributed by atoms with E-state index in [1.54, 1.807) is 5.51 Å². The molecule has 0 atom stereocenters. The van der Waals surface area contributed by atoms with E-state index in [0.29, 0.717) is 11.8 Å². The van der Waals surface area contributed by atoms with E-state index in [2.05, 4.69) is 30.0 Å². The molecule has 1 saturated carbocycles. The van der Waals surface area contributed by atoms with Crippen LogP contribution in [0.5, 0.6) is 0 Å². The van der Waals surface area contributed by atoms with Gasteiger partial charge in [0, 0.05) is 33.1 Å². The fraction of sp³-hybridized carbons (Fsp3) is 0.650. The molecule has 148 valence electrons. The maximum atomic E-state index is 12.6. The highest BCUT2D eigenvalue weighted by Crippen LogP contribution is 2.36. The van der Waals surface area contributed by atoms with Crippen LogP contribution >= 0.6 is 11.3 Å². The number of thiazole rings is 1. The van der Waals surface area contributed by atoms with Gasteiger partial charge in [-0.1, -0.05) is 0 Å². The van der Waals surface area contributed by atoms with Crippen molar-refractivity contribution in [3.63, 3.8) is 0 Å². The molecule has 0 unspecified atom stereocenters. The van der Waals surface area contributed by atoms with E-state index >= 15 is 0 Å². The van der Waals surface area contributed by atoms with Crippen molar-refractivity contribution in [2.45, 2.75) is 45.1 Å². The first-order chi connectivity index (χ1) is 12.8. The predicted molar refractivity (Wildman–Crippen MR) is 109 cm³/mol. The molecule has 0 saturated heterocycles. The zero-order chi connectivity index (χ0) is 19.6. The van der Waals surface area contributed by atoms with E-state index in [1.165, 1.54) is 22.7 Å². The second-order valence-corrected chi connectivity index (χ2v) is 8.95. The van der Waals surface area contributed by atoms with Crippen LogP contribution in [0, 0.1) is 12.8 Å². The Morgan fingerprint density at radius 3 is 2.56 bits per heavy atom. The number of rotatable bonds is 6. The number of carbonyl (C=O) groups excluding carboxylic acids is 1. The third kappa shape index (κ3) is 4.76. The zero-order valence-corrected chi connectivity index (χ0v) is 17.9. The Hall–Kier alpha value is -1.73. The first kappa shape index (κ1) is 20.0. The summed E-state index contributed by atoms with van der Waals surface area (Å²) < 4.78 is 2.02. The van der Waals surface area contributed by atoms with E-state index in [-0.39, 0.29) is 5.91 Å². The lowest BCUT2D eigenvalue weighted by atomic mass is 9.80. The first-order valence-electron chi connectivity index (χ1n) is 9.68. The van der Waals surface area contributed by atoms with Crippen LogP contribution in [-0.4, -0.2) is 58.2 Å². The van der Waals surface area contributed by atoms with E-state index in [1.807, 2.05) is 30.6 Å². The van der Waals surface area contributed by atoms with Crippen molar-refractivity contribution in [1.29, 1.82) is 0 Å². The van der Waals surface area contributed by atoms with Gasteiger partial charge in [0.2, 0.25) is 0 Å². The van der Waals surface area contributed by atoms with E-state index in [0.717, 1.165) is 49.3 Å². The molecule has 2 aromatic rings. The number of carbonyl (C=O) groups is 1. The molecular formula is C20H31N5OS. The molecule has 2 aromatic heterocycles. The Morgan fingerprint density at radius 1 is 1.26 bits per heavy atom. The standard InChI is InChI=1S/C20H31N5OS/c1-14-19(27-13-21-14)20(26)24(4)11-15-6-8-16(9-7-15)18-10-17(12-23(2)3)25(5)22-18/h10,13,15-16H,6-9,11-12H2,1-5H3. The fourth-order valence-corrected chi connectivity index (χ4v) is 4.79. The molecule has 2 heterocycles. The minimum absolute atomic E-state index is 0.107. The summed E-state index contributed by atoms with van der Waals surface area (Å²) in [6.07, 6.45) is 4.63. The van der Waals surface area contributed by atoms with Gasteiger partial charge in [-0.3, -0.25) is 9.48 Å². The van der Waals surface area contributed by atoms with Gasteiger partial charge < -0.3 is 9.80 Å². The molecule has 0 bridgehead atoms. The van der Waals surface area contributed by atoms with Crippen LogP contribution in [0.25, 0.3) is 0 Å². The van der Waals surface area contributed by atoms with Gasteiger partial charge in [-0.05, 0) is 58.7 Å². The summed E-state index contributed by atoms with van der Waals surface area (Å²) in [5, 5.41) is 4.76. The van der Waals surface area contributed by atoms with Gasteiger partial charge in [-0.15, -0.1) is 11.3 Å². The Kier molecular flexibility index (Phi) is 6.32. The van der Waals surface area contributed by atoms with Crippen LogP contribution in [0.3, 0.4) is 0 Å². The Bertz CT molecular complexity index is 773. The zero-order valence-electron chi connectivity index (χ0n) is 17.1. The molecule has 0 radical (unpaired) electrons. The van der Waals surface area contributed by atoms with Gasteiger partial charge in [-0.2, -0.15) is 5.10 Å². The molecular weight excluding hydrogens is 358 g/mol. The minimum Gasteiger partial charge on any atom is -0.341 e. The molecule has 0 aromatic carbocycles. The molecule has 1 amide bonds. The molecule has 27 heavy (non-hydrogen) atoms. The highest BCUT2D eigenvalue weighted by Gasteiger charge is 2.27. The lowest BCUT2D eigenvalue weighted by molar-refractivity contribution is 0.0762. The molecule has 1 aliphatic carbocycles. The summed E-state index contributed by atoms with van der Waals surface area (Å²) in [5.74, 6) is 1.23. The maximum absolute atomic E-state index is 12.6. The summed E-state index contributed by atoms with van der Waals surface area (Å²) >= 11 is 1.44. The molecule has 7 heteroatoms. The lowest BCUT2D eigenvalue weighted by Crippen LogP contribution is -2.33. The summed E-state index contributed by atoms with van der Waals surface area (Å²) in [7, 11) is 8.13. The number of aryl methyl sites for hydroxylation is 2. The van der Waals surface area contributed by atoms with Gasteiger partial charge in [0.1, 0.15) is 4.88 Å². The van der Waals surface area contributed by atoms with Crippen molar-refractivity contribution in [2.75, 3.05) is 27.7 Å². The SMILES string of the molecule is Cc1ncsc1C(=O)N(C)CC1CCC(c2cc(CN(C)C)n(C)n2)CC1. The molecule has 0 aliphatic heterocycles. The van der Waals surface area contributed by atoms with Gasteiger partial charge in [0.25, 0.3) is 5.91 Å². The summed E-state index contributed by atoms with van der Waals surface area (Å²) in [6.45, 7) is 3.65. The minimum atomic E-state index is 0.107. The number of hydrogen-bond acceptors (Lipinski definition) is 5. The first-order valence-corrected chi connectivity index (χ1v) is 10.6. The van der Waals surface area contributed by atoms with Crippen LogP contribution in [0.15, 0.2) is 11.6 Å². The van der Waals surface area contributed by atoms with Crippen molar-refractivity contribution in [2.24, 2.45) is 13.0 Å². The van der Waals surface area contributed by atoms with Crippen molar-refractivity contribution in [3.05, 3.63) is 33.5 Å². The Balaban J connectivity index is 1.53. The topological polar surface area (TPSA) is 54.3 Å². The molecule has 6 nitrogen and oxygen atoms in total. The highest BCUT2D eigenvalue weighted by atomic mass is 32.1. The van der Waals surface area contributed by atoms with Crippen LogP contribution in [0.2, 0.25) is 0 Å². The van der Waals surface area contributed by atoms with Crippen molar-refractivity contribution < 1.29 is 4.79 Å². The number of amides is 1. The monoisotopic (exact) mass is 389 g/mol. The predicted octanol–water partition coefficient (Wildman–Crippen LogP) is 3.29. The van der Waals surface area contributed by atoms with E-state index in [9.17, 15) is 4.79 Å². The molecule has 0 N–H and O–H groups in total. The van der Waals surface area contributed by atoms with Crippen molar-refractivity contribution >= 4 is 17.2 Å². The third-order valence-electron chi connectivity index (χ3n) is 5.56.